The van der Waals surface area contributed by atoms with Crippen molar-refractivity contribution in [2.24, 2.45) is 20.5 Å². The van der Waals surface area contributed by atoms with Gasteiger partial charge in [-0.2, -0.15) is 5.10 Å². The summed E-state index contributed by atoms with van der Waals surface area (Å²) in [5.41, 5.74) is 7.12. The zero-order valence-electron chi connectivity index (χ0n) is 16.7. The Morgan fingerprint density at radius 2 is 2.04 bits per heavy atom. The molecule has 0 radical (unpaired) electrons. The number of rotatable bonds is 6. The topological polar surface area (TPSA) is 49.1 Å². The predicted molar refractivity (Wildman–Crippen MR) is 112 cm³/mol. The largest absolute Gasteiger partial charge is 0.311 e. The molecule has 0 aromatic heterocycles. The lowest BCUT2D eigenvalue weighted by atomic mass is 9.83. The normalized spacial score (nSPS) is 23.9. The van der Waals surface area contributed by atoms with E-state index in [-0.39, 0.29) is 11.5 Å². The van der Waals surface area contributed by atoms with Crippen LogP contribution in [-0.4, -0.2) is 31.4 Å². The molecule has 4 heteroatoms. The van der Waals surface area contributed by atoms with Gasteiger partial charge in [-0.25, -0.2) is 4.99 Å². The number of amidine groups is 1. The third kappa shape index (κ3) is 5.66. The minimum atomic E-state index is -0.222. The Balaban J connectivity index is 3.34. The van der Waals surface area contributed by atoms with Gasteiger partial charge in [0, 0.05) is 30.5 Å². The van der Waals surface area contributed by atoms with Crippen LogP contribution in [0.5, 0.6) is 0 Å². The number of aliphatic imine (C=N–C) groups is 2. The average Bonchev–Trinajstić information content (AvgIpc) is 2.54. The molecule has 0 saturated heterocycles. The number of allylic oxidation sites excluding steroid dienone is 4. The van der Waals surface area contributed by atoms with Crippen molar-refractivity contribution in [2.75, 3.05) is 7.05 Å². The van der Waals surface area contributed by atoms with Crippen LogP contribution in [-0.2, 0) is 0 Å². The standard InChI is InChI=1S/C21H32N4/c1-9-18(13-15(2)3)19(16(4)5)20(25-22-8)24-14-21(7)11-10-12-23-17(21)6/h10-14,17,22H,2,9H2,1,3-8H3/b18-13-,24-14?,25-20-. The second-order valence-electron chi connectivity index (χ2n) is 6.86. The molecule has 0 aromatic rings. The highest BCUT2D eigenvalue weighted by atomic mass is 15.3. The average molecular weight is 341 g/mol. The van der Waals surface area contributed by atoms with Crippen LogP contribution in [0.2, 0.25) is 0 Å². The zero-order chi connectivity index (χ0) is 19.0. The molecule has 0 bridgehead atoms. The van der Waals surface area contributed by atoms with Gasteiger partial charge in [-0.15, -0.1) is 0 Å². The van der Waals surface area contributed by atoms with E-state index in [1.165, 1.54) is 11.1 Å². The van der Waals surface area contributed by atoms with Gasteiger partial charge in [0.2, 0.25) is 0 Å². The molecule has 0 amide bonds. The van der Waals surface area contributed by atoms with Gasteiger partial charge >= 0.3 is 0 Å². The Labute approximate surface area is 152 Å². The number of hydrogen-bond donors (Lipinski definition) is 1. The van der Waals surface area contributed by atoms with Crippen molar-refractivity contribution in [3.63, 3.8) is 0 Å². The molecule has 4 nitrogen and oxygen atoms in total. The van der Waals surface area contributed by atoms with Crippen molar-refractivity contribution in [1.82, 2.24) is 5.43 Å². The van der Waals surface area contributed by atoms with Gasteiger partial charge < -0.3 is 5.43 Å². The van der Waals surface area contributed by atoms with Crippen molar-refractivity contribution in [2.45, 2.75) is 54.0 Å². The number of nitrogens with one attached hydrogen (secondary N) is 1. The van der Waals surface area contributed by atoms with Gasteiger partial charge in [-0.05, 0) is 52.7 Å². The third-order valence-corrected chi connectivity index (χ3v) is 4.28. The molecular formula is C21H32N4. The summed E-state index contributed by atoms with van der Waals surface area (Å²) in [4.78, 5) is 9.25. The van der Waals surface area contributed by atoms with E-state index in [1.54, 1.807) is 7.05 Å². The van der Waals surface area contributed by atoms with Crippen molar-refractivity contribution < 1.29 is 0 Å². The molecular weight excluding hydrogens is 308 g/mol. The Morgan fingerprint density at radius 3 is 2.52 bits per heavy atom. The van der Waals surface area contributed by atoms with Crippen LogP contribution in [0.4, 0.5) is 0 Å². The lowest BCUT2D eigenvalue weighted by molar-refractivity contribution is 0.494. The van der Waals surface area contributed by atoms with E-state index in [0.29, 0.717) is 5.84 Å². The minimum Gasteiger partial charge on any atom is -0.311 e. The first-order chi connectivity index (χ1) is 11.7. The van der Waals surface area contributed by atoms with Crippen LogP contribution in [0.25, 0.3) is 0 Å². The molecule has 1 aliphatic heterocycles. The van der Waals surface area contributed by atoms with Crippen molar-refractivity contribution in [1.29, 1.82) is 0 Å². The van der Waals surface area contributed by atoms with Crippen molar-refractivity contribution in [3.8, 4) is 0 Å². The third-order valence-electron chi connectivity index (χ3n) is 4.28. The second kappa shape index (κ2) is 9.30. The molecule has 0 fully saturated rings. The van der Waals surface area contributed by atoms with Gasteiger partial charge in [0.05, 0.1) is 6.04 Å². The van der Waals surface area contributed by atoms with Gasteiger partial charge in [-0.1, -0.05) is 36.8 Å². The molecule has 1 aliphatic rings. The maximum atomic E-state index is 4.77. The van der Waals surface area contributed by atoms with Gasteiger partial charge in [-0.3, -0.25) is 4.99 Å². The van der Waals surface area contributed by atoms with Crippen LogP contribution >= 0.6 is 0 Å². The lowest BCUT2D eigenvalue weighted by Crippen LogP contribution is -2.30. The lowest BCUT2D eigenvalue weighted by Gasteiger charge is -2.28. The fourth-order valence-electron chi connectivity index (χ4n) is 2.67. The molecule has 2 atom stereocenters. The highest BCUT2D eigenvalue weighted by Gasteiger charge is 2.28. The van der Waals surface area contributed by atoms with E-state index in [4.69, 9.17) is 4.99 Å². The molecule has 136 valence electrons. The number of hydrogen-bond acceptors (Lipinski definition) is 3. The molecule has 0 spiro atoms. The molecule has 1 heterocycles. The molecule has 0 aromatic carbocycles. The first-order valence-electron chi connectivity index (χ1n) is 8.80. The van der Waals surface area contributed by atoms with E-state index < -0.39 is 0 Å². The fourth-order valence-corrected chi connectivity index (χ4v) is 2.67. The second-order valence-corrected chi connectivity index (χ2v) is 6.86. The first-order valence-corrected chi connectivity index (χ1v) is 8.80. The van der Waals surface area contributed by atoms with E-state index in [2.05, 4.69) is 68.9 Å². The quantitative estimate of drug-likeness (QED) is 0.319. The predicted octanol–water partition coefficient (Wildman–Crippen LogP) is 4.87. The molecule has 0 saturated carbocycles. The van der Waals surface area contributed by atoms with Gasteiger partial charge in [0.15, 0.2) is 5.84 Å². The fraction of sp³-hybridized carbons (Fsp3) is 0.476. The number of hydrazone groups is 1. The van der Waals surface area contributed by atoms with Crippen LogP contribution in [0, 0.1) is 5.41 Å². The van der Waals surface area contributed by atoms with Crippen LogP contribution in [0.15, 0.2) is 62.2 Å². The van der Waals surface area contributed by atoms with E-state index >= 15 is 0 Å². The summed E-state index contributed by atoms with van der Waals surface area (Å²) in [7, 11) is 1.79. The Kier molecular flexibility index (Phi) is 7.75. The van der Waals surface area contributed by atoms with E-state index in [0.717, 1.165) is 17.6 Å². The highest BCUT2D eigenvalue weighted by molar-refractivity contribution is 6.07. The number of nitrogens with zero attached hydrogens (tertiary/aromatic N) is 3. The summed E-state index contributed by atoms with van der Waals surface area (Å²) in [5.74, 6) is 0.688. The Bertz CT molecular complexity index is 670. The number of dihydropyridines is 1. The molecule has 25 heavy (non-hydrogen) atoms. The van der Waals surface area contributed by atoms with Crippen LogP contribution in [0.1, 0.15) is 48.0 Å². The molecule has 2 unspecified atom stereocenters. The summed E-state index contributed by atoms with van der Waals surface area (Å²) in [6, 6.07) is 0.142. The van der Waals surface area contributed by atoms with Crippen LogP contribution < -0.4 is 5.43 Å². The Morgan fingerprint density at radius 1 is 1.36 bits per heavy atom. The maximum absolute atomic E-state index is 4.77. The zero-order valence-corrected chi connectivity index (χ0v) is 16.7. The Hall–Kier alpha value is -2.23. The van der Waals surface area contributed by atoms with Crippen LogP contribution in [0.3, 0.4) is 0 Å². The molecule has 1 N–H and O–H groups in total. The molecule has 0 aliphatic carbocycles. The summed E-state index contributed by atoms with van der Waals surface area (Å²) >= 11 is 0. The SMILES string of the molecule is C=C(C)/C=C(/CC)C(=C(C)C)/C(N=CC1(C)C=CC=NC1C)=N/NC. The maximum Gasteiger partial charge on any atom is 0.178 e. The smallest absolute Gasteiger partial charge is 0.178 e. The first kappa shape index (κ1) is 20.8. The van der Waals surface area contributed by atoms with E-state index in [1.807, 2.05) is 25.4 Å². The van der Waals surface area contributed by atoms with Crippen molar-refractivity contribution >= 4 is 18.3 Å². The summed E-state index contributed by atoms with van der Waals surface area (Å²) in [6.45, 7) is 16.6. The van der Waals surface area contributed by atoms with Gasteiger partial charge in [0.25, 0.3) is 0 Å². The van der Waals surface area contributed by atoms with Crippen molar-refractivity contribution in [3.05, 3.63) is 47.1 Å². The van der Waals surface area contributed by atoms with E-state index in [9.17, 15) is 0 Å². The molecule has 1 rings (SSSR count). The van der Waals surface area contributed by atoms with Gasteiger partial charge in [0.1, 0.15) is 0 Å². The summed E-state index contributed by atoms with van der Waals surface area (Å²) < 4.78 is 0. The highest BCUT2D eigenvalue weighted by Crippen LogP contribution is 2.27. The monoisotopic (exact) mass is 340 g/mol. The summed E-state index contributed by atoms with van der Waals surface area (Å²) in [5, 5.41) is 4.44. The summed E-state index contributed by atoms with van der Waals surface area (Å²) in [6.07, 6.45) is 10.9. The minimum absolute atomic E-state index is 0.142.